The summed E-state index contributed by atoms with van der Waals surface area (Å²) in [6.45, 7) is 6.56. The SMILES string of the molecule is C=CC(=O)NCCC1CCC(C)CC1. The second-order valence-electron chi connectivity index (χ2n) is 4.41. The van der Waals surface area contributed by atoms with Gasteiger partial charge in [0.25, 0.3) is 0 Å². The first kappa shape index (κ1) is 11.3. The maximum atomic E-state index is 10.9. The van der Waals surface area contributed by atoms with E-state index in [1.54, 1.807) is 0 Å². The molecule has 0 heterocycles. The van der Waals surface area contributed by atoms with Crippen LogP contribution in [0, 0.1) is 11.8 Å². The molecule has 1 amide bonds. The molecule has 0 spiro atoms. The van der Waals surface area contributed by atoms with Crippen molar-refractivity contribution in [2.24, 2.45) is 11.8 Å². The van der Waals surface area contributed by atoms with Crippen molar-refractivity contribution in [3.63, 3.8) is 0 Å². The average Bonchev–Trinajstić information content (AvgIpc) is 2.21. The third kappa shape index (κ3) is 3.95. The molecule has 2 nitrogen and oxygen atoms in total. The summed E-state index contributed by atoms with van der Waals surface area (Å²) < 4.78 is 0. The van der Waals surface area contributed by atoms with Crippen LogP contribution in [0.5, 0.6) is 0 Å². The third-order valence-corrected chi connectivity index (χ3v) is 3.17. The molecule has 14 heavy (non-hydrogen) atoms. The average molecular weight is 195 g/mol. The molecule has 1 rings (SSSR count). The molecule has 1 saturated carbocycles. The van der Waals surface area contributed by atoms with Crippen molar-refractivity contribution in [2.45, 2.75) is 39.0 Å². The first-order valence-electron chi connectivity index (χ1n) is 5.62. The topological polar surface area (TPSA) is 29.1 Å². The highest BCUT2D eigenvalue weighted by Crippen LogP contribution is 2.29. The lowest BCUT2D eigenvalue weighted by molar-refractivity contribution is -0.116. The standard InChI is InChI=1S/C12H21NO/c1-3-12(14)13-9-8-11-6-4-10(2)5-7-11/h3,10-11H,1,4-9H2,2H3,(H,13,14). The summed E-state index contributed by atoms with van der Waals surface area (Å²) in [7, 11) is 0. The van der Waals surface area contributed by atoms with Gasteiger partial charge in [0.1, 0.15) is 0 Å². The number of amides is 1. The number of carbonyl (C=O) groups excluding carboxylic acids is 1. The zero-order valence-electron chi connectivity index (χ0n) is 9.09. The molecule has 0 bridgehead atoms. The second kappa shape index (κ2) is 5.84. The number of hydrogen-bond donors (Lipinski definition) is 1. The van der Waals surface area contributed by atoms with Gasteiger partial charge in [-0.1, -0.05) is 39.2 Å². The number of nitrogens with one attached hydrogen (secondary N) is 1. The molecule has 0 aromatic carbocycles. The minimum absolute atomic E-state index is 0.0471. The predicted molar refractivity (Wildman–Crippen MR) is 58.9 cm³/mol. The molecule has 0 unspecified atom stereocenters. The lowest BCUT2D eigenvalue weighted by Gasteiger charge is -2.25. The predicted octanol–water partition coefficient (Wildman–Crippen LogP) is 2.51. The zero-order valence-corrected chi connectivity index (χ0v) is 9.09. The molecule has 0 saturated heterocycles. The molecule has 0 radical (unpaired) electrons. The fraction of sp³-hybridized carbons (Fsp3) is 0.750. The fourth-order valence-corrected chi connectivity index (χ4v) is 2.09. The van der Waals surface area contributed by atoms with Gasteiger partial charge in [0.15, 0.2) is 0 Å². The molecule has 1 aliphatic carbocycles. The fourth-order valence-electron chi connectivity index (χ4n) is 2.09. The van der Waals surface area contributed by atoms with E-state index in [0.29, 0.717) is 0 Å². The van der Waals surface area contributed by atoms with E-state index in [4.69, 9.17) is 0 Å². The van der Waals surface area contributed by atoms with Gasteiger partial charge in [-0.15, -0.1) is 0 Å². The van der Waals surface area contributed by atoms with Crippen LogP contribution in [-0.2, 0) is 4.79 Å². The summed E-state index contributed by atoms with van der Waals surface area (Å²) >= 11 is 0. The van der Waals surface area contributed by atoms with Crippen LogP contribution in [0.25, 0.3) is 0 Å². The van der Waals surface area contributed by atoms with Crippen LogP contribution < -0.4 is 5.32 Å². The summed E-state index contributed by atoms with van der Waals surface area (Å²) in [5.41, 5.74) is 0. The van der Waals surface area contributed by atoms with E-state index in [9.17, 15) is 4.79 Å². The Balaban J connectivity index is 2.07. The van der Waals surface area contributed by atoms with Crippen molar-refractivity contribution in [1.29, 1.82) is 0 Å². The van der Waals surface area contributed by atoms with Gasteiger partial charge in [-0.25, -0.2) is 0 Å². The molecule has 0 aromatic heterocycles. The van der Waals surface area contributed by atoms with Crippen molar-refractivity contribution >= 4 is 5.91 Å². The van der Waals surface area contributed by atoms with Gasteiger partial charge in [0, 0.05) is 6.54 Å². The van der Waals surface area contributed by atoms with Crippen LogP contribution in [0.4, 0.5) is 0 Å². The van der Waals surface area contributed by atoms with E-state index in [0.717, 1.165) is 24.8 Å². The maximum Gasteiger partial charge on any atom is 0.243 e. The summed E-state index contributed by atoms with van der Waals surface area (Å²) in [4.78, 5) is 10.9. The van der Waals surface area contributed by atoms with Crippen LogP contribution in [-0.4, -0.2) is 12.5 Å². The molecular formula is C12H21NO. The Kier molecular flexibility index (Phi) is 4.71. The van der Waals surface area contributed by atoms with E-state index in [1.807, 2.05) is 0 Å². The smallest absolute Gasteiger partial charge is 0.243 e. The summed E-state index contributed by atoms with van der Waals surface area (Å²) in [5, 5.41) is 2.83. The number of carbonyl (C=O) groups is 1. The minimum atomic E-state index is -0.0471. The molecule has 0 aromatic rings. The summed E-state index contributed by atoms with van der Waals surface area (Å²) in [6, 6.07) is 0. The molecule has 0 atom stereocenters. The van der Waals surface area contributed by atoms with Crippen molar-refractivity contribution in [2.75, 3.05) is 6.54 Å². The van der Waals surface area contributed by atoms with Crippen LogP contribution >= 0.6 is 0 Å². The molecule has 1 N–H and O–H groups in total. The Morgan fingerprint density at radius 2 is 2.07 bits per heavy atom. The largest absolute Gasteiger partial charge is 0.353 e. The van der Waals surface area contributed by atoms with Crippen LogP contribution in [0.2, 0.25) is 0 Å². The van der Waals surface area contributed by atoms with Crippen molar-refractivity contribution in [3.05, 3.63) is 12.7 Å². The zero-order chi connectivity index (χ0) is 10.4. The van der Waals surface area contributed by atoms with Crippen LogP contribution in [0.15, 0.2) is 12.7 Å². The van der Waals surface area contributed by atoms with E-state index in [2.05, 4.69) is 18.8 Å². The molecule has 2 heteroatoms. The van der Waals surface area contributed by atoms with E-state index >= 15 is 0 Å². The van der Waals surface area contributed by atoms with Gasteiger partial charge < -0.3 is 5.32 Å². The Labute approximate surface area is 86.8 Å². The Morgan fingerprint density at radius 1 is 1.43 bits per heavy atom. The highest BCUT2D eigenvalue weighted by atomic mass is 16.1. The third-order valence-electron chi connectivity index (χ3n) is 3.17. The first-order chi connectivity index (χ1) is 6.72. The van der Waals surface area contributed by atoms with Crippen molar-refractivity contribution < 1.29 is 4.79 Å². The number of hydrogen-bond acceptors (Lipinski definition) is 1. The maximum absolute atomic E-state index is 10.9. The first-order valence-corrected chi connectivity index (χ1v) is 5.62. The second-order valence-corrected chi connectivity index (χ2v) is 4.41. The molecule has 1 fully saturated rings. The van der Waals surface area contributed by atoms with Gasteiger partial charge in [-0.2, -0.15) is 0 Å². The normalized spacial score (nSPS) is 26.9. The monoisotopic (exact) mass is 195 g/mol. The van der Waals surface area contributed by atoms with Crippen molar-refractivity contribution in [3.8, 4) is 0 Å². The highest BCUT2D eigenvalue weighted by molar-refractivity contribution is 5.86. The minimum Gasteiger partial charge on any atom is -0.353 e. The van der Waals surface area contributed by atoms with Gasteiger partial charge >= 0.3 is 0 Å². The van der Waals surface area contributed by atoms with Gasteiger partial charge in [0.2, 0.25) is 5.91 Å². The van der Waals surface area contributed by atoms with Gasteiger partial charge in [-0.05, 0) is 24.3 Å². The number of rotatable bonds is 4. The quantitative estimate of drug-likeness (QED) is 0.686. The van der Waals surface area contributed by atoms with Crippen LogP contribution in [0.1, 0.15) is 39.0 Å². The van der Waals surface area contributed by atoms with E-state index in [-0.39, 0.29) is 5.91 Å². The van der Waals surface area contributed by atoms with Gasteiger partial charge in [0.05, 0.1) is 0 Å². The van der Waals surface area contributed by atoms with Crippen molar-refractivity contribution in [1.82, 2.24) is 5.32 Å². The highest BCUT2D eigenvalue weighted by Gasteiger charge is 2.17. The Bertz CT molecular complexity index is 192. The lowest BCUT2D eigenvalue weighted by atomic mass is 9.81. The molecule has 80 valence electrons. The lowest BCUT2D eigenvalue weighted by Crippen LogP contribution is -2.25. The molecular weight excluding hydrogens is 174 g/mol. The van der Waals surface area contributed by atoms with E-state index < -0.39 is 0 Å². The Morgan fingerprint density at radius 3 is 2.64 bits per heavy atom. The molecule has 1 aliphatic rings. The summed E-state index contributed by atoms with van der Waals surface area (Å²) in [5.74, 6) is 1.69. The van der Waals surface area contributed by atoms with Gasteiger partial charge in [-0.3, -0.25) is 4.79 Å². The summed E-state index contributed by atoms with van der Waals surface area (Å²) in [6.07, 6.45) is 7.87. The molecule has 0 aliphatic heterocycles. The Hall–Kier alpha value is -0.790. The van der Waals surface area contributed by atoms with Crippen LogP contribution in [0.3, 0.4) is 0 Å². The van der Waals surface area contributed by atoms with E-state index in [1.165, 1.54) is 31.8 Å².